The number of rotatable bonds is 5. The van der Waals surface area contributed by atoms with Crippen LogP contribution < -0.4 is 10.6 Å². The zero-order valence-corrected chi connectivity index (χ0v) is 9.77. The first kappa shape index (κ1) is 11.8. The molecule has 0 aliphatic carbocycles. The van der Waals surface area contributed by atoms with E-state index < -0.39 is 0 Å². The molecule has 0 aliphatic heterocycles. The van der Waals surface area contributed by atoms with Crippen molar-refractivity contribution in [1.29, 1.82) is 0 Å². The highest BCUT2D eigenvalue weighted by molar-refractivity contribution is 5.39. The maximum atomic E-state index is 5.50. The van der Waals surface area contributed by atoms with Crippen LogP contribution in [0.2, 0.25) is 0 Å². The Hall–Kier alpha value is -1.32. The first-order valence-electron chi connectivity index (χ1n) is 5.49. The summed E-state index contributed by atoms with van der Waals surface area (Å²) in [5.41, 5.74) is 5.50. The van der Waals surface area contributed by atoms with Crippen LogP contribution in [-0.4, -0.2) is 23.1 Å². The second-order valence-electron chi connectivity index (χ2n) is 3.85. The zero-order chi connectivity index (χ0) is 11.3. The smallest absolute Gasteiger partial charge is 0.147 e. The van der Waals surface area contributed by atoms with Gasteiger partial charge in [0.15, 0.2) is 0 Å². The van der Waals surface area contributed by atoms with Crippen LogP contribution >= 0.6 is 0 Å². The standard InChI is InChI=1S/C11H20N4/c1-4-9(3)8-15(5-2)11-7-13-10(12)6-14-11/h6-7,9H,4-5,8H2,1-3H3,(H2,12,13). The van der Waals surface area contributed by atoms with Crippen LogP contribution in [0.15, 0.2) is 12.4 Å². The number of nitrogens with zero attached hydrogens (tertiary/aromatic N) is 3. The monoisotopic (exact) mass is 208 g/mol. The highest BCUT2D eigenvalue weighted by Crippen LogP contribution is 2.13. The molecule has 0 radical (unpaired) electrons. The van der Waals surface area contributed by atoms with Gasteiger partial charge in [0.05, 0.1) is 12.4 Å². The summed E-state index contributed by atoms with van der Waals surface area (Å²) in [6.07, 6.45) is 4.52. The van der Waals surface area contributed by atoms with Gasteiger partial charge in [0.25, 0.3) is 0 Å². The van der Waals surface area contributed by atoms with Crippen molar-refractivity contribution in [2.45, 2.75) is 27.2 Å². The van der Waals surface area contributed by atoms with Gasteiger partial charge < -0.3 is 10.6 Å². The molecule has 0 bridgehead atoms. The lowest BCUT2D eigenvalue weighted by Crippen LogP contribution is -2.28. The molecule has 1 rings (SSSR count). The van der Waals surface area contributed by atoms with E-state index in [0.29, 0.717) is 11.7 Å². The molecule has 0 fully saturated rings. The van der Waals surface area contributed by atoms with Gasteiger partial charge in [-0.15, -0.1) is 0 Å². The summed E-state index contributed by atoms with van der Waals surface area (Å²) in [4.78, 5) is 10.6. The van der Waals surface area contributed by atoms with E-state index in [0.717, 1.165) is 18.9 Å². The second kappa shape index (κ2) is 5.53. The summed E-state index contributed by atoms with van der Waals surface area (Å²) in [5.74, 6) is 2.05. The van der Waals surface area contributed by atoms with Crippen molar-refractivity contribution in [2.24, 2.45) is 5.92 Å². The predicted octanol–water partition coefficient (Wildman–Crippen LogP) is 1.93. The minimum absolute atomic E-state index is 0.471. The molecule has 4 nitrogen and oxygen atoms in total. The summed E-state index contributed by atoms with van der Waals surface area (Å²) < 4.78 is 0. The largest absolute Gasteiger partial charge is 0.382 e. The van der Waals surface area contributed by atoms with Gasteiger partial charge in [-0.25, -0.2) is 9.97 Å². The Morgan fingerprint density at radius 2 is 2.07 bits per heavy atom. The SMILES string of the molecule is CCC(C)CN(CC)c1cnc(N)cn1. The third kappa shape index (κ3) is 3.38. The van der Waals surface area contributed by atoms with Crippen molar-refractivity contribution in [1.82, 2.24) is 9.97 Å². The molecular formula is C11H20N4. The minimum Gasteiger partial charge on any atom is -0.382 e. The van der Waals surface area contributed by atoms with Gasteiger partial charge >= 0.3 is 0 Å². The summed E-state index contributed by atoms with van der Waals surface area (Å²) >= 11 is 0. The molecule has 0 aromatic carbocycles. The van der Waals surface area contributed by atoms with Crippen molar-refractivity contribution in [3.63, 3.8) is 0 Å². The van der Waals surface area contributed by atoms with Gasteiger partial charge in [-0.3, -0.25) is 0 Å². The van der Waals surface area contributed by atoms with Crippen LogP contribution in [0.4, 0.5) is 11.6 Å². The summed E-state index contributed by atoms with van der Waals surface area (Å²) in [6.45, 7) is 8.54. The van der Waals surface area contributed by atoms with Crippen LogP contribution in [0.1, 0.15) is 27.2 Å². The minimum atomic E-state index is 0.471. The van der Waals surface area contributed by atoms with Crippen molar-refractivity contribution in [3.8, 4) is 0 Å². The van der Waals surface area contributed by atoms with Gasteiger partial charge in [-0.1, -0.05) is 20.3 Å². The third-order valence-corrected chi connectivity index (χ3v) is 2.59. The average molecular weight is 208 g/mol. The van der Waals surface area contributed by atoms with Gasteiger partial charge in [-0.2, -0.15) is 0 Å². The molecule has 0 saturated carbocycles. The molecule has 15 heavy (non-hydrogen) atoms. The number of hydrogen-bond acceptors (Lipinski definition) is 4. The predicted molar refractivity (Wildman–Crippen MR) is 63.8 cm³/mol. The molecule has 1 atom stereocenters. The number of aromatic nitrogens is 2. The number of nitrogen functional groups attached to an aromatic ring is 1. The summed E-state index contributed by atoms with van der Waals surface area (Å²) in [5, 5.41) is 0. The first-order chi connectivity index (χ1) is 7.17. The molecule has 0 saturated heterocycles. The zero-order valence-electron chi connectivity index (χ0n) is 9.77. The molecular weight excluding hydrogens is 188 g/mol. The van der Waals surface area contributed by atoms with Crippen LogP contribution in [0.5, 0.6) is 0 Å². The van der Waals surface area contributed by atoms with Crippen LogP contribution in [0.3, 0.4) is 0 Å². The van der Waals surface area contributed by atoms with Gasteiger partial charge in [0, 0.05) is 13.1 Å². The van der Waals surface area contributed by atoms with Crippen LogP contribution in [0, 0.1) is 5.92 Å². The molecule has 1 aromatic rings. The van der Waals surface area contributed by atoms with Gasteiger partial charge in [-0.05, 0) is 12.8 Å². The Morgan fingerprint density at radius 1 is 1.33 bits per heavy atom. The van der Waals surface area contributed by atoms with Crippen molar-refractivity contribution >= 4 is 11.6 Å². The van der Waals surface area contributed by atoms with E-state index >= 15 is 0 Å². The Morgan fingerprint density at radius 3 is 2.53 bits per heavy atom. The Kier molecular flexibility index (Phi) is 4.34. The van der Waals surface area contributed by atoms with E-state index in [1.54, 1.807) is 12.4 Å². The molecule has 0 aliphatic rings. The molecule has 4 heteroatoms. The van der Waals surface area contributed by atoms with E-state index in [4.69, 9.17) is 5.73 Å². The molecule has 0 amide bonds. The van der Waals surface area contributed by atoms with Gasteiger partial charge in [0.2, 0.25) is 0 Å². The van der Waals surface area contributed by atoms with E-state index in [-0.39, 0.29) is 0 Å². The topological polar surface area (TPSA) is 55.0 Å². The third-order valence-electron chi connectivity index (χ3n) is 2.59. The molecule has 1 aromatic heterocycles. The lowest BCUT2D eigenvalue weighted by Gasteiger charge is -2.24. The number of nitrogens with two attached hydrogens (primary N) is 1. The Balaban J connectivity index is 2.69. The van der Waals surface area contributed by atoms with E-state index in [1.165, 1.54) is 6.42 Å². The fraction of sp³-hybridized carbons (Fsp3) is 0.636. The molecule has 0 spiro atoms. The Bertz CT molecular complexity index is 283. The van der Waals surface area contributed by atoms with E-state index in [9.17, 15) is 0 Å². The first-order valence-corrected chi connectivity index (χ1v) is 5.49. The second-order valence-corrected chi connectivity index (χ2v) is 3.85. The maximum absolute atomic E-state index is 5.50. The fourth-order valence-corrected chi connectivity index (χ4v) is 1.38. The highest BCUT2D eigenvalue weighted by atomic mass is 15.2. The molecule has 1 heterocycles. The average Bonchev–Trinajstić information content (AvgIpc) is 2.27. The summed E-state index contributed by atoms with van der Waals surface area (Å²) in [7, 11) is 0. The van der Waals surface area contributed by atoms with Crippen LogP contribution in [0.25, 0.3) is 0 Å². The number of anilines is 2. The quantitative estimate of drug-likeness (QED) is 0.803. The molecule has 2 N–H and O–H groups in total. The Labute approximate surface area is 91.5 Å². The van der Waals surface area contributed by atoms with Gasteiger partial charge in [0.1, 0.15) is 11.6 Å². The highest BCUT2D eigenvalue weighted by Gasteiger charge is 2.09. The molecule has 84 valence electrons. The van der Waals surface area contributed by atoms with E-state index in [1.807, 2.05) is 0 Å². The van der Waals surface area contributed by atoms with Crippen molar-refractivity contribution in [2.75, 3.05) is 23.7 Å². The van der Waals surface area contributed by atoms with Crippen molar-refractivity contribution < 1.29 is 0 Å². The lowest BCUT2D eigenvalue weighted by atomic mass is 10.1. The fourth-order valence-electron chi connectivity index (χ4n) is 1.38. The molecule has 1 unspecified atom stereocenters. The van der Waals surface area contributed by atoms with Crippen molar-refractivity contribution in [3.05, 3.63) is 12.4 Å². The number of hydrogen-bond donors (Lipinski definition) is 1. The maximum Gasteiger partial charge on any atom is 0.147 e. The normalized spacial score (nSPS) is 12.5. The van der Waals surface area contributed by atoms with E-state index in [2.05, 4.69) is 35.6 Å². The summed E-state index contributed by atoms with van der Waals surface area (Å²) in [6, 6.07) is 0. The lowest BCUT2D eigenvalue weighted by molar-refractivity contribution is 0.545. The van der Waals surface area contributed by atoms with Crippen LogP contribution in [-0.2, 0) is 0 Å².